The molecule has 2 aromatic rings. The van der Waals surface area contributed by atoms with Crippen molar-refractivity contribution in [3.8, 4) is 5.75 Å². The molecular weight excluding hydrogens is 344 g/mol. The number of carbonyl (C=O) groups is 1. The Morgan fingerprint density at radius 1 is 1.09 bits per heavy atom. The highest BCUT2D eigenvalue weighted by Gasteiger charge is 2.01. The molecule has 0 aliphatic carbocycles. The molecule has 4 nitrogen and oxygen atoms in total. The van der Waals surface area contributed by atoms with Gasteiger partial charge in [-0.15, -0.1) is 0 Å². The van der Waals surface area contributed by atoms with Crippen molar-refractivity contribution >= 4 is 22.0 Å². The van der Waals surface area contributed by atoms with E-state index in [-0.39, 0.29) is 6.03 Å². The van der Waals surface area contributed by atoms with Crippen molar-refractivity contribution in [1.29, 1.82) is 0 Å². The van der Waals surface area contributed by atoms with Crippen LogP contribution in [-0.2, 0) is 13.0 Å². The molecule has 2 N–H and O–H groups in total. The molecule has 2 aromatic carbocycles. The first-order valence-electron chi connectivity index (χ1n) is 7.06. The van der Waals surface area contributed by atoms with Gasteiger partial charge < -0.3 is 15.4 Å². The number of hydrogen-bond acceptors (Lipinski definition) is 2. The van der Waals surface area contributed by atoms with Gasteiger partial charge in [0.1, 0.15) is 5.75 Å². The monoisotopic (exact) mass is 362 g/mol. The summed E-state index contributed by atoms with van der Waals surface area (Å²) >= 11 is 3.41. The fraction of sp³-hybridized carbons (Fsp3) is 0.235. The van der Waals surface area contributed by atoms with Crippen molar-refractivity contribution in [2.45, 2.75) is 13.0 Å². The molecule has 0 aromatic heterocycles. The minimum atomic E-state index is -0.159. The third kappa shape index (κ3) is 5.41. The van der Waals surface area contributed by atoms with Gasteiger partial charge >= 0.3 is 6.03 Å². The van der Waals surface area contributed by atoms with Crippen LogP contribution in [0.4, 0.5) is 4.79 Å². The molecular formula is C17H19BrN2O2. The van der Waals surface area contributed by atoms with E-state index in [1.807, 2.05) is 48.5 Å². The summed E-state index contributed by atoms with van der Waals surface area (Å²) < 4.78 is 6.12. The van der Waals surface area contributed by atoms with Gasteiger partial charge in [0.05, 0.1) is 7.11 Å². The Kier molecular flexibility index (Phi) is 6.27. The molecule has 0 saturated heterocycles. The Morgan fingerprint density at radius 3 is 2.55 bits per heavy atom. The lowest BCUT2D eigenvalue weighted by Crippen LogP contribution is -2.36. The first-order valence-corrected chi connectivity index (χ1v) is 7.86. The van der Waals surface area contributed by atoms with Crippen molar-refractivity contribution in [3.05, 3.63) is 64.1 Å². The predicted molar refractivity (Wildman–Crippen MR) is 91.1 cm³/mol. The first kappa shape index (κ1) is 16.4. The number of nitrogens with one attached hydrogen (secondary N) is 2. The van der Waals surface area contributed by atoms with Crippen LogP contribution in [0.3, 0.4) is 0 Å². The van der Waals surface area contributed by atoms with Crippen LogP contribution < -0.4 is 15.4 Å². The number of halogens is 1. The number of amides is 2. The van der Waals surface area contributed by atoms with Gasteiger partial charge in [-0.1, -0.05) is 40.2 Å². The minimum Gasteiger partial charge on any atom is -0.497 e. The SMILES string of the molecule is COc1ccc(CCNC(=O)NCc2cccc(Br)c2)cc1. The average molecular weight is 363 g/mol. The van der Waals surface area contributed by atoms with Crippen molar-refractivity contribution < 1.29 is 9.53 Å². The molecule has 0 atom stereocenters. The van der Waals surface area contributed by atoms with Gasteiger partial charge in [0.2, 0.25) is 0 Å². The van der Waals surface area contributed by atoms with Gasteiger partial charge in [0, 0.05) is 17.6 Å². The molecule has 0 bridgehead atoms. The molecule has 2 amide bonds. The molecule has 0 unspecified atom stereocenters. The highest BCUT2D eigenvalue weighted by Crippen LogP contribution is 2.12. The van der Waals surface area contributed by atoms with Crippen LogP contribution in [0.1, 0.15) is 11.1 Å². The van der Waals surface area contributed by atoms with Crippen molar-refractivity contribution in [1.82, 2.24) is 10.6 Å². The maximum absolute atomic E-state index is 11.7. The maximum atomic E-state index is 11.7. The summed E-state index contributed by atoms with van der Waals surface area (Å²) in [7, 11) is 1.65. The second-order valence-corrected chi connectivity index (χ2v) is 5.75. The lowest BCUT2D eigenvalue weighted by atomic mass is 10.1. The molecule has 0 saturated carbocycles. The number of carbonyl (C=O) groups excluding carboxylic acids is 1. The highest BCUT2D eigenvalue weighted by atomic mass is 79.9. The number of benzene rings is 2. The van der Waals surface area contributed by atoms with Gasteiger partial charge in [-0.3, -0.25) is 0 Å². The summed E-state index contributed by atoms with van der Waals surface area (Å²) in [6.07, 6.45) is 0.786. The maximum Gasteiger partial charge on any atom is 0.315 e. The third-order valence-corrected chi connectivity index (χ3v) is 3.69. The van der Waals surface area contributed by atoms with Gasteiger partial charge in [-0.2, -0.15) is 0 Å². The largest absolute Gasteiger partial charge is 0.497 e. The zero-order valence-corrected chi connectivity index (χ0v) is 14.0. The van der Waals surface area contributed by atoms with Crippen LogP contribution in [0.25, 0.3) is 0 Å². The number of ether oxygens (including phenoxy) is 1. The summed E-state index contributed by atoms with van der Waals surface area (Å²) in [6, 6.07) is 15.5. The van der Waals surface area contributed by atoms with Crippen LogP contribution in [0.5, 0.6) is 5.75 Å². The first-order chi connectivity index (χ1) is 10.7. The Balaban J connectivity index is 1.69. The summed E-state index contributed by atoms with van der Waals surface area (Å²) in [5.74, 6) is 0.837. The number of urea groups is 1. The lowest BCUT2D eigenvalue weighted by molar-refractivity contribution is 0.240. The highest BCUT2D eigenvalue weighted by molar-refractivity contribution is 9.10. The van der Waals surface area contributed by atoms with Crippen molar-refractivity contribution in [2.75, 3.05) is 13.7 Å². The molecule has 0 spiro atoms. The molecule has 0 aliphatic rings. The van der Waals surface area contributed by atoms with E-state index in [4.69, 9.17) is 4.74 Å². The summed E-state index contributed by atoms with van der Waals surface area (Å²) in [5.41, 5.74) is 2.22. The van der Waals surface area contributed by atoms with Gasteiger partial charge in [0.15, 0.2) is 0 Å². The molecule has 2 rings (SSSR count). The summed E-state index contributed by atoms with van der Waals surface area (Å²) in [6.45, 7) is 1.10. The van der Waals surface area contributed by atoms with Crippen LogP contribution in [-0.4, -0.2) is 19.7 Å². The number of rotatable bonds is 6. The van der Waals surface area contributed by atoms with E-state index in [2.05, 4.69) is 26.6 Å². The summed E-state index contributed by atoms with van der Waals surface area (Å²) in [4.78, 5) is 11.7. The van der Waals surface area contributed by atoms with Crippen molar-refractivity contribution in [2.24, 2.45) is 0 Å². The van der Waals surface area contributed by atoms with Crippen LogP contribution in [0.15, 0.2) is 53.0 Å². The molecule has 0 heterocycles. The Bertz CT molecular complexity index is 614. The van der Waals surface area contributed by atoms with E-state index in [0.29, 0.717) is 13.1 Å². The second kappa shape index (κ2) is 8.44. The zero-order valence-electron chi connectivity index (χ0n) is 12.4. The fourth-order valence-electron chi connectivity index (χ4n) is 2.00. The van der Waals surface area contributed by atoms with Crippen LogP contribution in [0, 0.1) is 0 Å². The van der Waals surface area contributed by atoms with Crippen molar-refractivity contribution in [3.63, 3.8) is 0 Å². The molecule has 5 heteroatoms. The van der Waals surface area contributed by atoms with Gasteiger partial charge in [-0.05, 0) is 41.8 Å². The van der Waals surface area contributed by atoms with E-state index in [1.54, 1.807) is 7.11 Å². The second-order valence-electron chi connectivity index (χ2n) is 4.84. The van der Waals surface area contributed by atoms with Gasteiger partial charge in [0.25, 0.3) is 0 Å². The smallest absolute Gasteiger partial charge is 0.315 e. The predicted octanol–water partition coefficient (Wildman–Crippen LogP) is 3.50. The number of hydrogen-bond donors (Lipinski definition) is 2. The van der Waals surface area contributed by atoms with E-state index in [0.717, 1.165) is 27.8 Å². The standard InChI is InChI=1S/C17H19BrN2O2/c1-22-16-7-5-13(6-8-16)9-10-19-17(21)20-12-14-3-2-4-15(18)11-14/h2-8,11H,9-10,12H2,1H3,(H2,19,20,21). The zero-order chi connectivity index (χ0) is 15.8. The lowest BCUT2D eigenvalue weighted by Gasteiger charge is -2.08. The normalized spacial score (nSPS) is 10.1. The Hall–Kier alpha value is -2.01. The fourth-order valence-corrected chi connectivity index (χ4v) is 2.45. The Morgan fingerprint density at radius 2 is 1.86 bits per heavy atom. The molecule has 116 valence electrons. The molecule has 0 radical (unpaired) electrons. The minimum absolute atomic E-state index is 0.159. The Labute approximate surface area is 139 Å². The molecule has 0 aliphatic heterocycles. The van der Waals surface area contributed by atoms with Crippen LogP contribution in [0.2, 0.25) is 0 Å². The number of methoxy groups -OCH3 is 1. The van der Waals surface area contributed by atoms with Crippen LogP contribution >= 0.6 is 15.9 Å². The van der Waals surface area contributed by atoms with E-state index in [1.165, 1.54) is 0 Å². The quantitative estimate of drug-likeness (QED) is 0.826. The van der Waals surface area contributed by atoms with E-state index < -0.39 is 0 Å². The molecule has 22 heavy (non-hydrogen) atoms. The average Bonchev–Trinajstić information content (AvgIpc) is 2.54. The van der Waals surface area contributed by atoms with E-state index >= 15 is 0 Å². The summed E-state index contributed by atoms with van der Waals surface area (Å²) in [5, 5.41) is 5.69. The third-order valence-electron chi connectivity index (χ3n) is 3.20. The van der Waals surface area contributed by atoms with E-state index in [9.17, 15) is 4.79 Å². The topological polar surface area (TPSA) is 50.4 Å². The van der Waals surface area contributed by atoms with Gasteiger partial charge in [-0.25, -0.2) is 4.79 Å². The molecule has 0 fully saturated rings.